The second-order valence-corrected chi connectivity index (χ2v) is 5.56. The van der Waals surface area contributed by atoms with Crippen LogP contribution in [0.1, 0.15) is 20.3 Å². The molecular weight excluding hydrogens is 262 g/mol. The smallest absolute Gasteiger partial charge is 0.222 e. The Morgan fingerprint density at radius 3 is 2.40 bits per heavy atom. The normalized spacial score (nSPS) is 15.8. The Morgan fingerprint density at radius 1 is 1.20 bits per heavy atom. The van der Waals surface area contributed by atoms with Crippen LogP contribution >= 0.6 is 0 Å². The Hall–Kier alpha value is -1.65. The molecule has 5 heteroatoms. The van der Waals surface area contributed by atoms with Crippen molar-refractivity contribution in [3.63, 3.8) is 0 Å². The van der Waals surface area contributed by atoms with Crippen LogP contribution in [-0.2, 0) is 4.79 Å². The summed E-state index contributed by atoms with van der Waals surface area (Å²) in [5, 5.41) is 0. The molecule has 0 atom stereocenters. The van der Waals surface area contributed by atoms with Gasteiger partial charge >= 0.3 is 0 Å². The zero-order valence-corrected chi connectivity index (χ0v) is 11.9. The fourth-order valence-corrected chi connectivity index (χ4v) is 2.41. The quantitative estimate of drug-likeness (QED) is 0.851. The third-order valence-electron chi connectivity index (χ3n) is 3.47. The number of benzene rings is 1. The number of hydrogen-bond donors (Lipinski definition) is 0. The number of amides is 1. The van der Waals surface area contributed by atoms with Gasteiger partial charge in [-0.15, -0.1) is 0 Å². The Balaban J connectivity index is 1.95. The molecule has 0 aromatic heterocycles. The van der Waals surface area contributed by atoms with E-state index < -0.39 is 11.6 Å². The predicted octanol–water partition coefficient (Wildman–Crippen LogP) is 2.66. The standard InChI is InChI=1S/C15H20F2N2O/c1-11(2)9-15(20)19-7-5-18(6-8-19)14-4-3-12(16)10-13(14)17/h3-4,10-11H,5-9H2,1-2H3. The van der Waals surface area contributed by atoms with E-state index in [9.17, 15) is 13.6 Å². The van der Waals surface area contributed by atoms with Crippen molar-refractivity contribution in [2.45, 2.75) is 20.3 Å². The zero-order chi connectivity index (χ0) is 14.7. The van der Waals surface area contributed by atoms with Crippen LogP contribution in [0.2, 0.25) is 0 Å². The van der Waals surface area contributed by atoms with Crippen molar-refractivity contribution in [1.29, 1.82) is 0 Å². The molecule has 1 aromatic rings. The summed E-state index contributed by atoms with van der Waals surface area (Å²) in [6, 6.07) is 3.61. The molecule has 20 heavy (non-hydrogen) atoms. The summed E-state index contributed by atoms with van der Waals surface area (Å²) in [6.07, 6.45) is 0.547. The topological polar surface area (TPSA) is 23.6 Å². The summed E-state index contributed by atoms with van der Waals surface area (Å²) >= 11 is 0. The first kappa shape index (κ1) is 14.8. The van der Waals surface area contributed by atoms with Crippen molar-refractivity contribution < 1.29 is 13.6 Å². The van der Waals surface area contributed by atoms with E-state index in [1.165, 1.54) is 12.1 Å². The lowest BCUT2D eigenvalue weighted by Gasteiger charge is -2.36. The molecule has 0 radical (unpaired) electrons. The van der Waals surface area contributed by atoms with Gasteiger partial charge in [-0.2, -0.15) is 0 Å². The van der Waals surface area contributed by atoms with Crippen molar-refractivity contribution in [3.05, 3.63) is 29.8 Å². The van der Waals surface area contributed by atoms with Crippen LogP contribution in [0.25, 0.3) is 0 Å². The van der Waals surface area contributed by atoms with E-state index in [1.54, 1.807) is 0 Å². The van der Waals surface area contributed by atoms with E-state index >= 15 is 0 Å². The lowest BCUT2D eigenvalue weighted by Crippen LogP contribution is -2.49. The van der Waals surface area contributed by atoms with Crippen LogP contribution in [0.3, 0.4) is 0 Å². The number of carbonyl (C=O) groups excluding carboxylic acids is 1. The van der Waals surface area contributed by atoms with Gasteiger partial charge in [0.1, 0.15) is 11.6 Å². The Bertz CT molecular complexity index is 483. The zero-order valence-electron chi connectivity index (χ0n) is 11.9. The molecule has 0 spiro atoms. The van der Waals surface area contributed by atoms with Gasteiger partial charge in [0.05, 0.1) is 5.69 Å². The van der Waals surface area contributed by atoms with Gasteiger partial charge in [-0.25, -0.2) is 8.78 Å². The van der Waals surface area contributed by atoms with Crippen molar-refractivity contribution in [3.8, 4) is 0 Å². The van der Waals surface area contributed by atoms with Crippen molar-refractivity contribution in [2.24, 2.45) is 5.92 Å². The Kier molecular flexibility index (Phi) is 4.57. The molecular formula is C15H20F2N2O. The van der Waals surface area contributed by atoms with Gasteiger partial charge in [0.2, 0.25) is 5.91 Å². The highest BCUT2D eigenvalue weighted by molar-refractivity contribution is 5.76. The minimum Gasteiger partial charge on any atom is -0.366 e. The number of anilines is 1. The van der Waals surface area contributed by atoms with E-state index in [0.29, 0.717) is 44.2 Å². The molecule has 0 saturated carbocycles. The summed E-state index contributed by atoms with van der Waals surface area (Å²) in [5.74, 6) is -0.627. The summed E-state index contributed by atoms with van der Waals surface area (Å²) in [4.78, 5) is 15.6. The molecule has 1 fully saturated rings. The van der Waals surface area contributed by atoms with Gasteiger partial charge < -0.3 is 9.80 Å². The molecule has 0 N–H and O–H groups in total. The first-order valence-electron chi connectivity index (χ1n) is 6.95. The summed E-state index contributed by atoms with van der Waals surface area (Å²) in [6.45, 7) is 6.35. The number of carbonyl (C=O) groups is 1. The van der Waals surface area contributed by atoms with E-state index in [-0.39, 0.29) is 5.91 Å². The van der Waals surface area contributed by atoms with Gasteiger partial charge in [-0.3, -0.25) is 4.79 Å². The predicted molar refractivity (Wildman–Crippen MR) is 74.6 cm³/mol. The molecule has 1 aliphatic heterocycles. The molecule has 1 amide bonds. The Labute approximate surface area is 118 Å². The van der Waals surface area contributed by atoms with E-state index in [4.69, 9.17) is 0 Å². The lowest BCUT2D eigenvalue weighted by molar-refractivity contribution is -0.132. The van der Waals surface area contributed by atoms with Crippen LogP contribution in [-0.4, -0.2) is 37.0 Å². The van der Waals surface area contributed by atoms with Crippen molar-refractivity contribution >= 4 is 11.6 Å². The van der Waals surface area contributed by atoms with Gasteiger partial charge in [-0.05, 0) is 18.1 Å². The number of rotatable bonds is 3. The average molecular weight is 282 g/mol. The van der Waals surface area contributed by atoms with Crippen molar-refractivity contribution in [2.75, 3.05) is 31.1 Å². The summed E-state index contributed by atoms with van der Waals surface area (Å²) in [7, 11) is 0. The van der Waals surface area contributed by atoms with Crippen molar-refractivity contribution in [1.82, 2.24) is 4.90 Å². The molecule has 1 aromatic carbocycles. The Morgan fingerprint density at radius 2 is 1.85 bits per heavy atom. The maximum absolute atomic E-state index is 13.7. The number of hydrogen-bond acceptors (Lipinski definition) is 2. The molecule has 110 valence electrons. The highest BCUT2D eigenvalue weighted by Crippen LogP contribution is 2.21. The van der Waals surface area contributed by atoms with E-state index in [1.807, 2.05) is 23.6 Å². The molecule has 1 heterocycles. The maximum Gasteiger partial charge on any atom is 0.222 e. The van der Waals surface area contributed by atoms with Gasteiger partial charge in [0.25, 0.3) is 0 Å². The molecule has 0 aliphatic carbocycles. The van der Waals surface area contributed by atoms with Gasteiger partial charge in [0.15, 0.2) is 0 Å². The van der Waals surface area contributed by atoms with Gasteiger partial charge in [-0.1, -0.05) is 13.8 Å². The monoisotopic (exact) mass is 282 g/mol. The fraction of sp³-hybridized carbons (Fsp3) is 0.533. The maximum atomic E-state index is 13.7. The van der Waals surface area contributed by atoms with Crippen LogP contribution in [0.4, 0.5) is 14.5 Å². The number of nitrogens with zero attached hydrogens (tertiary/aromatic N) is 2. The van der Waals surface area contributed by atoms with Crippen LogP contribution in [0, 0.1) is 17.6 Å². The van der Waals surface area contributed by atoms with Gasteiger partial charge in [0, 0.05) is 38.7 Å². The average Bonchev–Trinajstić information content (AvgIpc) is 2.38. The van der Waals surface area contributed by atoms with Crippen LogP contribution < -0.4 is 4.90 Å². The first-order chi connectivity index (χ1) is 9.47. The molecule has 2 rings (SSSR count). The van der Waals surface area contributed by atoms with E-state index in [0.717, 1.165) is 6.07 Å². The number of piperazine rings is 1. The van der Waals surface area contributed by atoms with Crippen LogP contribution in [0.5, 0.6) is 0 Å². The minimum absolute atomic E-state index is 0.152. The summed E-state index contributed by atoms with van der Waals surface area (Å²) in [5.41, 5.74) is 0.405. The SMILES string of the molecule is CC(C)CC(=O)N1CCN(c2ccc(F)cc2F)CC1. The van der Waals surface area contributed by atoms with E-state index in [2.05, 4.69) is 0 Å². The fourth-order valence-electron chi connectivity index (χ4n) is 2.41. The molecule has 0 unspecified atom stereocenters. The molecule has 1 aliphatic rings. The lowest BCUT2D eigenvalue weighted by atomic mass is 10.1. The second-order valence-electron chi connectivity index (χ2n) is 5.56. The number of halogens is 2. The molecule has 1 saturated heterocycles. The highest BCUT2D eigenvalue weighted by Gasteiger charge is 2.23. The summed E-state index contributed by atoms with van der Waals surface area (Å²) < 4.78 is 26.6. The first-order valence-corrected chi connectivity index (χ1v) is 6.95. The molecule has 0 bridgehead atoms. The molecule has 3 nitrogen and oxygen atoms in total. The van der Waals surface area contributed by atoms with Crippen LogP contribution in [0.15, 0.2) is 18.2 Å². The third kappa shape index (κ3) is 3.46. The second kappa shape index (κ2) is 6.20. The largest absolute Gasteiger partial charge is 0.366 e. The third-order valence-corrected chi connectivity index (χ3v) is 3.47. The highest BCUT2D eigenvalue weighted by atomic mass is 19.1. The minimum atomic E-state index is -0.572.